The van der Waals surface area contributed by atoms with E-state index in [-0.39, 0.29) is 0 Å². The van der Waals surface area contributed by atoms with Crippen LogP contribution in [0.5, 0.6) is 0 Å². The summed E-state index contributed by atoms with van der Waals surface area (Å²) < 4.78 is 1.71. The highest BCUT2D eigenvalue weighted by Gasteiger charge is 2.15. The number of benzene rings is 1. The number of fused-ring (bicyclic) bond motifs is 1. The van der Waals surface area contributed by atoms with Crippen molar-refractivity contribution in [2.45, 2.75) is 6.92 Å². The number of hydrogen-bond donors (Lipinski definition) is 1. The summed E-state index contributed by atoms with van der Waals surface area (Å²) in [6.45, 7) is 2.02. The van der Waals surface area contributed by atoms with Crippen molar-refractivity contribution < 1.29 is 0 Å². The molecule has 0 amide bonds. The maximum Gasteiger partial charge on any atom is 0.158 e. The lowest BCUT2D eigenvalue weighted by molar-refractivity contribution is 1.20. The van der Waals surface area contributed by atoms with E-state index in [1.165, 1.54) is 0 Å². The smallest absolute Gasteiger partial charge is 0.158 e. The van der Waals surface area contributed by atoms with E-state index in [9.17, 15) is 0 Å². The number of halogens is 2. The van der Waals surface area contributed by atoms with Gasteiger partial charge in [0.2, 0.25) is 0 Å². The lowest BCUT2D eigenvalue weighted by atomic mass is 10.1. The van der Waals surface area contributed by atoms with Crippen molar-refractivity contribution in [2.24, 2.45) is 0 Å². The van der Waals surface area contributed by atoms with Gasteiger partial charge in [0.15, 0.2) is 5.65 Å². The molecule has 0 aliphatic rings. The number of pyridine rings is 1. The van der Waals surface area contributed by atoms with Crippen LogP contribution in [0.25, 0.3) is 16.9 Å². The molecule has 3 rings (SSSR count). The number of aryl methyl sites for hydroxylation is 1. The fourth-order valence-electron chi connectivity index (χ4n) is 2.13. The first-order valence-corrected chi connectivity index (χ1v) is 6.52. The van der Waals surface area contributed by atoms with Crippen LogP contribution >= 0.6 is 23.2 Å². The highest BCUT2D eigenvalue weighted by atomic mass is 35.5. The molecule has 96 valence electrons. The van der Waals surface area contributed by atoms with Crippen molar-refractivity contribution in [3.8, 4) is 11.3 Å². The second-order valence-electron chi connectivity index (χ2n) is 4.36. The van der Waals surface area contributed by atoms with Gasteiger partial charge in [0, 0.05) is 11.8 Å². The van der Waals surface area contributed by atoms with Crippen LogP contribution in [0, 0.1) is 6.92 Å². The summed E-state index contributed by atoms with van der Waals surface area (Å²) >= 11 is 12.1. The molecule has 0 fully saturated rings. The molecule has 0 bridgehead atoms. The first kappa shape index (κ1) is 12.3. The highest BCUT2D eigenvalue weighted by molar-refractivity contribution is 6.36. The van der Waals surface area contributed by atoms with E-state index >= 15 is 0 Å². The summed E-state index contributed by atoms with van der Waals surface area (Å²) in [6.07, 6.45) is 1.72. The summed E-state index contributed by atoms with van der Waals surface area (Å²) in [6, 6.07) is 9.61. The first-order valence-electron chi connectivity index (χ1n) is 5.76. The van der Waals surface area contributed by atoms with Gasteiger partial charge in [0.05, 0.1) is 10.0 Å². The molecule has 0 atom stereocenters. The fourth-order valence-corrected chi connectivity index (χ4v) is 2.64. The molecule has 3 aromatic rings. The van der Waals surface area contributed by atoms with E-state index < -0.39 is 0 Å². The Morgan fingerprint density at radius 3 is 2.68 bits per heavy atom. The number of nitrogens with two attached hydrogens (primary N) is 1. The van der Waals surface area contributed by atoms with E-state index in [4.69, 9.17) is 28.9 Å². The largest absolute Gasteiger partial charge is 0.383 e. The Bertz CT molecular complexity index is 778. The lowest BCUT2D eigenvalue weighted by Gasteiger charge is -2.03. The second kappa shape index (κ2) is 4.44. The summed E-state index contributed by atoms with van der Waals surface area (Å²) in [5.41, 5.74) is 9.61. The van der Waals surface area contributed by atoms with Crippen LogP contribution < -0.4 is 5.73 Å². The van der Waals surface area contributed by atoms with Crippen LogP contribution in [-0.2, 0) is 0 Å². The Labute approximate surface area is 120 Å². The first-order chi connectivity index (χ1) is 9.08. The van der Waals surface area contributed by atoms with Gasteiger partial charge in [-0.15, -0.1) is 0 Å². The number of nitrogens with zero attached hydrogens (tertiary/aromatic N) is 2. The predicted octanol–water partition coefficient (Wildman–Crippen LogP) is 4.20. The molecule has 2 N–H and O–H groups in total. The molecule has 0 radical (unpaired) electrons. The van der Waals surface area contributed by atoms with Crippen molar-refractivity contribution >= 4 is 34.7 Å². The minimum atomic E-state index is 0.485. The van der Waals surface area contributed by atoms with Crippen LogP contribution in [0.15, 0.2) is 36.5 Å². The standard InChI is InChI=1S/C14H11Cl2N3/c1-8-4-2-3-5-10(8)12-13(17)19-7-9(15)6-11(16)14(19)18-12/h2-7H,17H2,1H3. The molecule has 0 saturated carbocycles. The van der Waals surface area contributed by atoms with Gasteiger partial charge in [-0.1, -0.05) is 47.5 Å². The zero-order valence-electron chi connectivity index (χ0n) is 10.2. The van der Waals surface area contributed by atoms with E-state index in [1.54, 1.807) is 16.7 Å². The fraction of sp³-hybridized carbons (Fsp3) is 0.0714. The molecule has 1 aromatic carbocycles. The number of rotatable bonds is 1. The second-order valence-corrected chi connectivity index (χ2v) is 5.20. The Morgan fingerprint density at radius 2 is 1.95 bits per heavy atom. The van der Waals surface area contributed by atoms with Crippen LogP contribution in [0.3, 0.4) is 0 Å². The molecule has 0 unspecified atom stereocenters. The minimum absolute atomic E-state index is 0.485. The van der Waals surface area contributed by atoms with Gasteiger partial charge in [0.1, 0.15) is 11.5 Å². The van der Waals surface area contributed by atoms with E-state index in [0.717, 1.165) is 16.8 Å². The average molecular weight is 292 g/mol. The zero-order valence-corrected chi connectivity index (χ0v) is 11.7. The van der Waals surface area contributed by atoms with Gasteiger partial charge in [-0.2, -0.15) is 0 Å². The SMILES string of the molecule is Cc1ccccc1-c1nc2c(Cl)cc(Cl)cn2c1N. The number of anilines is 1. The maximum atomic E-state index is 6.16. The van der Waals surface area contributed by atoms with Gasteiger partial charge < -0.3 is 5.73 Å². The van der Waals surface area contributed by atoms with Gasteiger partial charge in [-0.25, -0.2) is 4.98 Å². The molecular weight excluding hydrogens is 281 g/mol. The molecule has 0 spiro atoms. The minimum Gasteiger partial charge on any atom is -0.383 e. The summed E-state index contributed by atoms with van der Waals surface area (Å²) in [5, 5.41) is 1.01. The normalized spacial score (nSPS) is 11.1. The third kappa shape index (κ3) is 1.95. The molecule has 2 aromatic heterocycles. The van der Waals surface area contributed by atoms with E-state index in [2.05, 4.69) is 4.98 Å². The zero-order chi connectivity index (χ0) is 13.6. The van der Waals surface area contributed by atoms with Gasteiger partial charge in [-0.05, 0) is 18.6 Å². The average Bonchev–Trinajstić information content (AvgIpc) is 2.68. The third-order valence-electron chi connectivity index (χ3n) is 3.08. The molecule has 0 aliphatic carbocycles. The summed E-state index contributed by atoms with van der Waals surface area (Å²) in [4.78, 5) is 4.53. The molecule has 19 heavy (non-hydrogen) atoms. The van der Waals surface area contributed by atoms with Crippen molar-refractivity contribution in [3.63, 3.8) is 0 Å². The van der Waals surface area contributed by atoms with E-state index in [1.807, 2.05) is 31.2 Å². The maximum absolute atomic E-state index is 6.16. The van der Waals surface area contributed by atoms with Gasteiger partial charge >= 0.3 is 0 Å². The number of aromatic nitrogens is 2. The van der Waals surface area contributed by atoms with Gasteiger partial charge in [-0.3, -0.25) is 4.40 Å². The van der Waals surface area contributed by atoms with Crippen molar-refractivity contribution in [2.75, 3.05) is 5.73 Å². The molecule has 0 aliphatic heterocycles. The Balaban J connectivity index is 2.35. The molecule has 0 saturated heterocycles. The molecule has 5 heteroatoms. The molecule has 2 heterocycles. The highest BCUT2D eigenvalue weighted by Crippen LogP contribution is 2.32. The van der Waals surface area contributed by atoms with Crippen LogP contribution in [0.2, 0.25) is 10.0 Å². The van der Waals surface area contributed by atoms with Crippen LogP contribution in [0.4, 0.5) is 5.82 Å². The number of imidazole rings is 1. The number of nitrogen functional groups attached to an aromatic ring is 1. The summed E-state index contributed by atoms with van der Waals surface area (Å²) in [5.74, 6) is 0.536. The number of hydrogen-bond acceptors (Lipinski definition) is 2. The van der Waals surface area contributed by atoms with Crippen LogP contribution in [-0.4, -0.2) is 9.38 Å². The Hall–Kier alpha value is -1.71. The summed E-state index contributed by atoms with van der Waals surface area (Å²) in [7, 11) is 0. The molecular formula is C14H11Cl2N3. The third-order valence-corrected chi connectivity index (χ3v) is 3.56. The van der Waals surface area contributed by atoms with Crippen molar-refractivity contribution in [3.05, 3.63) is 52.1 Å². The topological polar surface area (TPSA) is 43.3 Å². The predicted molar refractivity (Wildman–Crippen MR) is 79.8 cm³/mol. The van der Waals surface area contributed by atoms with Crippen molar-refractivity contribution in [1.82, 2.24) is 9.38 Å². The van der Waals surface area contributed by atoms with Crippen LogP contribution in [0.1, 0.15) is 5.56 Å². The monoisotopic (exact) mass is 291 g/mol. The lowest BCUT2D eigenvalue weighted by Crippen LogP contribution is -1.95. The quantitative estimate of drug-likeness (QED) is 0.730. The van der Waals surface area contributed by atoms with E-state index in [0.29, 0.717) is 21.5 Å². The Morgan fingerprint density at radius 1 is 1.21 bits per heavy atom. The molecule has 3 nitrogen and oxygen atoms in total. The Kier molecular flexibility index (Phi) is 2.88. The van der Waals surface area contributed by atoms with Gasteiger partial charge in [0.25, 0.3) is 0 Å². The van der Waals surface area contributed by atoms with Crippen molar-refractivity contribution in [1.29, 1.82) is 0 Å².